The predicted molar refractivity (Wildman–Crippen MR) is 103 cm³/mol. The van der Waals surface area contributed by atoms with Gasteiger partial charge in [-0.1, -0.05) is 6.42 Å². The zero-order valence-corrected chi connectivity index (χ0v) is 18.4. The molecule has 0 radical (unpaired) electrons. The minimum atomic E-state index is -2.55. The maximum absolute atomic E-state index is 12.9. The van der Waals surface area contributed by atoms with E-state index in [4.69, 9.17) is 4.21 Å². The number of hydrogen-bond acceptors (Lipinski definition) is 3. The van der Waals surface area contributed by atoms with Gasteiger partial charge in [0, 0.05) is 6.16 Å². The fourth-order valence-corrected chi connectivity index (χ4v) is 8.47. The van der Waals surface area contributed by atoms with E-state index in [-0.39, 0.29) is 17.1 Å². The average Bonchev–Trinajstić information content (AvgIpc) is 3.10. The second-order valence-corrected chi connectivity index (χ2v) is 14.3. The van der Waals surface area contributed by atoms with Gasteiger partial charge < -0.3 is 9.11 Å². The van der Waals surface area contributed by atoms with Gasteiger partial charge in [-0.25, -0.2) is 24.3 Å². The first-order valence-corrected chi connectivity index (χ1v) is 13.4. The summed E-state index contributed by atoms with van der Waals surface area (Å²) in [6.45, 7) is 6.29. The van der Waals surface area contributed by atoms with Crippen LogP contribution in [0.3, 0.4) is 0 Å². The van der Waals surface area contributed by atoms with Crippen LogP contribution in [0.1, 0.15) is 5.56 Å². The van der Waals surface area contributed by atoms with Gasteiger partial charge in [0.1, 0.15) is 0 Å². The summed E-state index contributed by atoms with van der Waals surface area (Å²) < 4.78 is 18.9. The molecule has 0 spiro atoms. The Morgan fingerprint density at radius 2 is 1.62 bits per heavy atom. The van der Waals surface area contributed by atoms with Crippen molar-refractivity contribution in [3.63, 3.8) is 0 Å². The van der Waals surface area contributed by atoms with E-state index < -0.39 is 15.7 Å². The topological polar surface area (TPSA) is 29.5 Å². The van der Waals surface area contributed by atoms with Gasteiger partial charge in [-0.15, -0.1) is 0 Å². The Morgan fingerprint density at radius 3 is 2.00 bits per heavy atom. The molecule has 0 aliphatic rings. The van der Waals surface area contributed by atoms with Crippen molar-refractivity contribution in [2.24, 2.45) is 0 Å². The van der Waals surface area contributed by atoms with Gasteiger partial charge in [0.15, 0.2) is 8.32 Å². The van der Waals surface area contributed by atoms with Crippen LogP contribution in [0, 0.1) is 0 Å². The molecule has 6 heteroatoms. The van der Waals surface area contributed by atoms with E-state index in [1.807, 2.05) is 61.5 Å². The molecule has 2 aromatic rings. The summed E-state index contributed by atoms with van der Waals surface area (Å²) in [4.78, 5) is 1.96. The van der Waals surface area contributed by atoms with E-state index in [9.17, 15) is 4.57 Å². The normalized spacial score (nSPS) is 13.6. The second kappa shape index (κ2) is 11.2. The van der Waals surface area contributed by atoms with Crippen molar-refractivity contribution in [3.05, 3.63) is 60.2 Å². The molecule has 0 saturated carbocycles. The summed E-state index contributed by atoms with van der Waals surface area (Å²) in [5.74, 6) is 0. The first-order valence-electron chi connectivity index (χ1n) is 8.01. The molecule has 0 bridgehead atoms. The smallest absolute Gasteiger partial charge is 0.369 e. The van der Waals surface area contributed by atoms with E-state index in [0.29, 0.717) is 12.4 Å². The van der Waals surface area contributed by atoms with Crippen LogP contribution in [-0.2, 0) is 32.3 Å². The van der Waals surface area contributed by atoms with Gasteiger partial charge in [-0.2, -0.15) is 35.9 Å². The first kappa shape index (κ1) is 23.6. The third kappa shape index (κ3) is 11.2. The molecule has 2 aromatic carbocycles. The van der Waals surface area contributed by atoms with Gasteiger partial charge in [0.25, 0.3) is 0 Å². The van der Waals surface area contributed by atoms with Crippen LogP contribution in [0.2, 0.25) is 19.6 Å². The summed E-state index contributed by atoms with van der Waals surface area (Å²) >= 11 is 0. The Balaban J connectivity index is 0.000000751. The third-order valence-electron chi connectivity index (χ3n) is 2.97. The van der Waals surface area contributed by atoms with E-state index >= 15 is 0 Å². The number of rotatable bonds is 7. The molecular weight excluding hydrogens is 377 g/mol. The predicted octanol–water partition coefficient (Wildman–Crippen LogP) is 5.00. The molecule has 24 heavy (non-hydrogen) atoms. The Morgan fingerprint density at radius 1 is 1.08 bits per heavy atom. The van der Waals surface area contributed by atoms with Gasteiger partial charge in [0.05, 0.1) is 6.29 Å². The summed E-state index contributed by atoms with van der Waals surface area (Å²) in [6, 6.07) is 18.2. The van der Waals surface area contributed by atoms with Crippen LogP contribution in [0.4, 0.5) is 0 Å². The maximum atomic E-state index is 12.9. The van der Waals surface area contributed by atoms with Crippen LogP contribution < -0.4 is 0 Å². The van der Waals surface area contributed by atoms with Crippen molar-refractivity contribution in [1.82, 2.24) is 4.90 Å². The molecule has 0 aromatic heterocycles. The molecule has 0 saturated heterocycles. The molecule has 1 unspecified atom stereocenters. The van der Waals surface area contributed by atoms with E-state index in [2.05, 4.69) is 31.8 Å². The summed E-state index contributed by atoms with van der Waals surface area (Å²) in [6.07, 6.45) is 2.01. The quantitative estimate of drug-likeness (QED) is 0.368. The molecule has 0 aliphatic carbocycles. The Bertz CT molecular complexity index is 545. The summed E-state index contributed by atoms with van der Waals surface area (Å²) in [5, 5.41) is 0. The molecule has 1 atom stereocenters. The maximum Gasteiger partial charge on any atom is 2.00 e. The first-order chi connectivity index (χ1) is 10.7. The molecule has 0 N–H and O–H groups in total. The molecule has 3 nitrogen and oxygen atoms in total. The Kier molecular flexibility index (Phi) is 11.1. The average molecular weight is 407 g/mol. The van der Waals surface area contributed by atoms with Gasteiger partial charge in [-0.05, 0) is 33.7 Å². The molecule has 0 amide bonds. The molecular formula is C18H30FeNO2PSi. The van der Waals surface area contributed by atoms with Crippen molar-refractivity contribution in [1.29, 1.82) is 0 Å². The zero-order chi connectivity index (χ0) is 17.3. The third-order valence-corrected chi connectivity index (χ3v) is 8.39. The van der Waals surface area contributed by atoms with Gasteiger partial charge in [0.2, 0.25) is 7.37 Å². The van der Waals surface area contributed by atoms with E-state index in [1.165, 1.54) is 5.56 Å². The minimum absolute atomic E-state index is 0. The van der Waals surface area contributed by atoms with E-state index in [1.54, 1.807) is 0 Å². The van der Waals surface area contributed by atoms with Gasteiger partial charge >= 0.3 is 17.1 Å². The molecule has 2 rings (SSSR count). The van der Waals surface area contributed by atoms with Crippen LogP contribution in [0.15, 0.2) is 54.6 Å². The van der Waals surface area contributed by atoms with Crippen LogP contribution >= 0.6 is 7.37 Å². The fraction of sp³-hybridized carbons (Fsp3) is 0.444. The van der Waals surface area contributed by atoms with E-state index in [0.717, 1.165) is 6.42 Å². The van der Waals surface area contributed by atoms with Crippen molar-refractivity contribution < 1.29 is 25.8 Å². The van der Waals surface area contributed by atoms with Crippen molar-refractivity contribution in [2.75, 3.05) is 26.5 Å². The molecule has 0 heterocycles. The number of aryl methyl sites for hydroxylation is 1. The molecule has 0 aliphatic heterocycles. The standard InChI is InChI=1S/C13H25NO2PSi.C5H5.Fe/c1-14(2)12-17(15,16-18(3,4)5)11-10-13-8-6-7-9-13;1-2-4-5-3-1;/h6-9H,10-12H2,1-5H3;1-5H;/q2*-1;+2. The van der Waals surface area contributed by atoms with Crippen molar-refractivity contribution >= 4 is 15.7 Å². The van der Waals surface area contributed by atoms with Gasteiger partial charge in [-0.3, -0.25) is 4.57 Å². The second-order valence-electron chi connectivity index (χ2n) is 6.97. The summed E-state index contributed by atoms with van der Waals surface area (Å²) in [7, 11) is -0.427. The van der Waals surface area contributed by atoms with Crippen molar-refractivity contribution in [3.8, 4) is 0 Å². The molecule has 0 fully saturated rings. The van der Waals surface area contributed by atoms with Crippen LogP contribution in [0.5, 0.6) is 0 Å². The summed E-state index contributed by atoms with van der Waals surface area (Å²) in [5.41, 5.74) is 1.24. The minimum Gasteiger partial charge on any atom is -0.369 e. The number of nitrogens with zero attached hydrogens (tertiary/aromatic N) is 1. The fourth-order valence-electron chi connectivity index (χ4n) is 2.28. The Labute approximate surface area is 159 Å². The zero-order valence-electron chi connectivity index (χ0n) is 15.4. The largest absolute Gasteiger partial charge is 2.00 e. The monoisotopic (exact) mass is 407 g/mol. The van der Waals surface area contributed by atoms with Crippen molar-refractivity contribution in [2.45, 2.75) is 26.1 Å². The molecule has 136 valence electrons. The number of hydrogen-bond donors (Lipinski definition) is 0. The SMILES string of the molecule is CN(C)CP(=O)(CC[c-]1cccc1)O[Si](C)(C)C.[Fe+2].c1cc[cH-]c1. The van der Waals surface area contributed by atoms with Crippen LogP contribution in [0.25, 0.3) is 0 Å². The van der Waals surface area contributed by atoms with Crippen LogP contribution in [-0.4, -0.2) is 39.8 Å². The Hall–Kier alpha value is -0.414.